The highest BCUT2D eigenvalue weighted by Crippen LogP contribution is 2.40. The van der Waals surface area contributed by atoms with Crippen molar-refractivity contribution in [3.63, 3.8) is 0 Å². The molecule has 0 radical (unpaired) electrons. The molecule has 0 bridgehead atoms. The first-order valence-corrected chi connectivity index (χ1v) is 16.4. The highest BCUT2D eigenvalue weighted by molar-refractivity contribution is 8.00. The van der Waals surface area contributed by atoms with Crippen LogP contribution in [-0.4, -0.2) is 105 Å². The van der Waals surface area contributed by atoms with Crippen molar-refractivity contribution >= 4 is 74.1 Å². The maximum absolute atomic E-state index is 13.2. The van der Waals surface area contributed by atoms with Gasteiger partial charge in [0.2, 0.25) is 23.3 Å². The molecule has 24 heteroatoms. The van der Waals surface area contributed by atoms with Gasteiger partial charge in [-0.05, 0) is 33.2 Å². The Labute approximate surface area is 275 Å². The van der Waals surface area contributed by atoms with Crippen LogP contribution >= 0.6 is 23.3 Å². The van der Waals surface area contributed by atoms with Crippen molar-refractivity contribution in [2.24, 2.45) is 17.9 Å². The number of thioether (sulfide) groups is 1. The first kappa shape index (κ1) is 37.1. The Morgan fingerprint density at radius 3 is 2.45 bits per heavy atom. The summed E-state index contributed by atoms with van der Waals surface area (Å²) in [5, 5.41) is 24.9. The quantitative estimate of drug-likeness (QED) is 0.0316. The summed E-state index contributed by atoms with van der Waals surface area (Å²) < 4.78 is 41.5. The number of carbonyl (C=O) groups excluding carboxylic acids is 2. The fraction of sp³-hybridized carbons (Fsp3) is 0.478. The fourth-order valence-corrected chi connectivity index (χ4v) is 6.01. The summed E-state index contributed by atoms with van der Waals surface area (Å²) in [7, 11) is -3.41. The Bertz CT molecular complexity index is 1730. The number of oxime groups is 1. The van der Waals surface area contributed by atoms with Crippen LogP contribution in [0.4, 0.5) is 10.9 Å². The lowest BCUT2D eigenvalue weighted by atomic mass is 10.0. The van der Waals surface area contributed by atoms with Crippen LogP contribution in [0.1, 0.15) is 31.7 Å². The van der Waals surface area contributed by atoms with E-state index in [-0.39, 0.29) is 29.0 Å². The van der Waals surface area contributed by atoms with E-state index in [2.05, 4.69) is 19.8 Å². The zero-order valence-electron chi connectivity index (χ0n) is 25.0. The van der Waals surface area contributed by atoms with Crippen molar-refractivity contribution < 1.29 is 56.4 Å². The standard InChI is InChI=1S/C23H30N10O7S2.H2O4S/c1-23(2,21(38)39)40-29-12(16-28-22(26)42-30-16)17(34)27-13-18(35)33-14(20(36)37)11(9-41-19(13)33)8-32-7-10(5-4-6-24)15(25)31(32)3;1-5(2,3)4/h7,13,19,25H,4-6,8-9,24H2,1-3H3,(H5,26,27,28,30,34,36,37,38,39);(H2,1,2,3,4)/p-1/b29-12-;. The van der Waals surface area contributed by atoms with Crippen LogP contribution in [0.2, 0.25) is 0 Å². The summed E-state index contributed by atoms with van der Waals surface area (Å²) in [5.74, 6) is -3.63. The molecule has 21 nitrogen and oxygen atoms in total. The molecular formula is C23H31N10O11S3-. The van der Waals surface area contributed by atoms with E-state index >= 15 is 0 Å². The number of nitrogens with zero attached hydrogens (tertiary/aromatic N) is 6. The van der Waals surface area contributed by atoms with E-state index in [0.717, 1.165) is 28.4 Å². The minimum absolute atomic E-state index is 0.0184. The van der Waals surface area contributed by atoms with Gasteiger partial charge in [-0.25, -0.2) is 9.59 Å². The number of nitrogen functional groups attached to an aromatic ring is 2. The largest absolute Gasteiger partial charge is 0.759 e. The van der Waals surface area contributed by atoms with Crippen LogP contribution in [-0.2, 0) is 54.4 Å². The summed E-state index contributed by atoms with van der Waals surface area (Å²) in [5.41, 5.74) is 16.4. The lowest BCUT2D eigenvalue weighted by Gasteiger charge is -2.49. The van der Waals surface area contributed by atoms with Gasteiger partial charge in [0.25, 0.3) is 11.8 Å². The number of anilines is 2. The SMILES string of the molecule is Cn1c(N)c(CCCN)c[n+]1CC1=C(C(=O)O)N2C(=O)C(NC(=O)/C(=N\OC(C)(C)C(=O)O)c3nsc(N)n3)C2SC1.O=S(=O)([O-])[O-]. The van der Waals surface area contributed by atoms with E-state index in [0.29, 0.717) is 24.4 Å². The number of hydrogen-bond acceptors (Lipinski definition) is 17. The van der Waals surface area contributed by atoms with Gasteiger partial charge >= 0.3 is 11.9 Å². The summed E-state index contributed by atoms with van der Waals surface area (Å²) in [6, 6.07) is -1.10. The second kappa shape index (κ2) is 14.6. The zero-order chi connectivity index (χ0) is 35.4. The van der Waals surface area contributed by atoms with Crippen molar-refractivity contribution in [3.05, 3.63) is 28.9 Å². The van der Waals surface area contributed by atoms with E-state index in [4.69, 9.17) is 39.6 Å². The van der Waals surface area contributed by atoms with Crippen LogP contribution in [0.15, 0.2) is 22.6 Å². The van der Waals surface area contributed by atoms with Gasteiger partial charge in [0.15, 0.2) is 17.5 Å². The predicted octanol–water partition coefficient (Wildman–Crippen LogP) is -3.10. The lowest BCUT2D eigenvalue weighted by Crippen LogP contribution is -2.71. The Morgan fingerprint density at radius 2 is 1.91 bits per heavy atom. The number of aliphatic carboxylic acids is 2. The smallest absolute Gasteiger partial charge is 0.352 e. The Balaban J connectivity index is 0.00000111. The minimum Gasteiger partial charge on any atom is -0.759 e. The maximum atomic E-state index is 13.2. The monoisotopic (exact) mass is 719 g/mol. The van der Waals surface area contributed by atoms with Crippen LogP contribution < -0.4 is 27.2 Å². The predicted molar refractivity (Wildman–Crippen MR) is 161 cm³/mol. The van der Waals surface area contributed by atoms with Gasteiger partial charge in [-0.3, -0.25) is 22.9 Å². The summed E-state index contributed by atoms with van der Waals surface area (Å²) in [6.07, 6.45) is 3.25. The first-order valence-electron chi connectivity index (χ1n) is 13.3. The number of aryl methyl sites for hydroxylation is 1. The molecule has 0 aliphatic carbocycles. The molecule has 0 saturated carbocycles. The van der Waals surface area contributed by atoms with Gasteiger partial charge in [-0.15, -0.1) is 21.1 Å². The van der Waals surface area contributed by atoms with E-state index in [1.807, 2.05) is 6.20 Å². The van der Waals surface area contributed by atoms with Crippen molar-refractivity contribution in [1.29, 1.82) is 0 Å². The molecular weight excluding hydrogens is 689 g/mol. The molecule has 0 aromatic carbocycles. The number of carbonyl (C=O) groups is 4. The van der Waals surface area contributed by atoms with Gasteiger partial charge in [0, 0.05) is 33.3 Å². The number of nitrogens with one attached hydrogen (secondary N) is 1. The van der Waals surface area contributed by atoms with E-state index in [9.17, 15) is 29.4 Å². The van der Waals surface area contributed by atoms with Crippen molar-refractivity contribution in [1.82, 2.24) is 24.3 Å². The number of β-lactam (4-membered cyclic amide) rings is 1. The number of fused-ring (bicyclic) bond motifs is 1. The van der Waals surface area contributed by atoms with Crippen LogP contribution in [0.5, 0.6) is 0 Å². The van der Waals surface area contributed by atoms with E-state index < -0.39 is 56.9 Å². The molecule has 2 unspecified atom stereocenters. The second-order valence-electron chi connectivity index (χ2n) is 10.4. The third-order valence-electron chi connectivity index (χ3n) is 6.66. The van der Waals surface area contributed by atoms with Gasteiger partial charge < -0.3 is 46.7 Å². The number of carboxylic acids is 2. The lowest BCUT2D eigenvalue weighted by molar-refractivity contribution is -0.765. The maximum Gasteiger partial charge on any atom is 0.352 e. The van der Waals surface area contributed by atoms with Crippen molar-refractivity contribution in [2.75, 3.05) is 23.8 Å². The Hall–Kier alpha value is -4.36. The average molecular weight is 720 g/mol. The van der Waals surface area contributed by atoms with Gasteiger partial charge in [-0.1, -0.05) is 5.16 Å². The Kier molecular flexibility index (Phi) is 11.5. The molecule has 4 rings (SSSR count). The average Bonchev–Trinajstić information content (AvgIpc) is 3.51. The molecule has 2 atom stereocenters. The number of amides is 2. The number of carboxylic acid groups (broad SMARTS) is 2. The third kappa shape index (κ3) is 8.92. The van der Waals surface area contributed by atoms with Crippen molar-refractivity contribution in [3.8, 4) is 0 Å². The fourth-order valence-electron chi connectivity index (χ4n) is 4.24. The number of hydrogen-bond donors (Lipinski definition) is 6. The summed E-state index contributed by atoms with van der Waals surface area (Å²) >= 11 is 2.05. The normalized spacial score (nSPS) is 18.1. The van der Waals surface area contributed by atoms with Crippen LogP contribution in [0.25, 0.3) is 0 Å². The number of rotatable bonds is 12. The highest BCUT2D eigenvalue weighted by Gasteiger charge is 2.55. The molecule has 1 saturated heterocycles. The minimum atomic E-state index is -5.17. The summed E-state index contributed by atoms with van der Waals surface area (Å²) in [4.78, 5) is 60.3. The van der Waals surface area contributed by atoms with Gasteiger partial charge in [-0.2, -0.15) is 9.36 Å². The summed E-state index contributed by atoms with van der Waals surface area (Å²) in [6.45, 7) is 3.13. The molecule has 1 fully saturated rings. The highest BCUT2D eigenvalue weighted by atomic mass is 32.3. The molecule has 2 aromatic rings. The van der Waals surface area contributed by atoms with Gasteiger partial charge in [0.05, 0.1) is 12.6 Å². The van der Waals surface area contributed by atoms with E-state index in [1.54, 1.807) is 16.4 Å². The molecule has 2 aromatic heterocycles. The second-order valence-corrected chi connectivity index (χ2v) is 13.1. The van der Waals surface area contributed by atoms with E-state index in [1.165, 1.54) is 25.6 Å². The number of nitrogens with two attached hydrogens (primary N) is 3. The molecule has 2 aliphatic heterocycles. The molecule has 9 N–H and O–H groups in total. The zero-order valence-corrected chi connectivity index (χ0v) is 27.4. The third-order valence-corrected chi connectivity index (χ3v) is 8.54. The van der Waals surface area contributed by atoms with Crippen LogP contribution in [0.3, 0.4) is 0 Å². The molecule has 0 spiro atoms. The van der Waals surface area contributed by atoms with Crippen LogP contribution in [0, 0.1) is 0 Å². The molecule has 4 heterocycles. The first-order chi connectivity index (χ1) is 21.8. The van der Waals surface area contributed by atoms with Gasteiger partial charge in [0.1, 0.15) is 17.1 Å². The van der Waals surface area contributed by atoms with Crippen molar-refractivity contribution in [2.45, 2.75) is 50.3 Å². The topological polar surface area (TPSA) is 339 Å². The Morgan fingerprint density at radius 1 is 1.28 bits per heavy atom. The molecule has 2 aliphatic rings. The number of aromatic nitrogens is 4. The molecule has 258 valence electrons. The molecule has 2 amide bonds. The molecule has 47 heavy (non-hydrogen) atoms.